The van der Waals surface area contributed by atoms with Gasteiger partial charge in [0.15, 0.2) is 11.6 Å². The minimum absolute atomic E-state index is 0.298. The monoisotopic (exact) mass is 430 g/mol. The van der Waals surface area contributed by atoms with Gasteiger partial charge in [0.05, 0.1) is 0 Å². The molecular formula is C26H26F4O. The van der Waals surface area contributed by atoms with Crippen LogP contribution in [0.2, 0.25) is 0 Å². The van der Waals surface area contributed by atoms with E-state index in [0.29, 0.717) is 17.4 Å². The number of hydrogen-bond donors (Lipinski definition) is 0. The predicted octanol–water partition coefficient (Wildman–Crippen LogP) is 7.56. The zero-order valence-electron chi connectivity index (χ0n) is 17.5. The van der Waals surface area contributed by atoms with E-state index in [9.17, 15) is 17.6 Å². The third-order valence-corrected chi connectivity index (χ3v) is 5.59. The molecule has 0 N–H and O–H groups in total. The summed E-state index contributed by atoms with van der Waals surface area (Å²) in [5, 5.41) is 0. The van der Waals surface area contributed by atoms with E-state index in [2.05, 4.69) is 53.8 Å². The fourth-order valence-electron chi connectivity index (χ4n) is 3.99. The van der Waals surface area contributed by atoms with Crippen molar-refractivity contribution in [2.24, 2.45) is 5.92 Å². The molecule has 1 nitrogen and oxygen atoms in total. The fraction of sp³-hybridized carbons (Fsp3) is 0.385. The first-order valence-electron chi connectivity index (χ1n) is 10.7. The van der Waals surface area contributed by atoms with Gasteiger partial charge in [-0.15, -0.1) is 13.2 Å². The number of alkyl halides is 3. The summed E-state index contributed by atoms with van der Waals surface area (Å²) >= 11 is 0. The average molecular weight is 430 g/mol. The molecule has 1 aliphatic carbocycles. The third kappa shape index (κ3) is 7.17. The maximum Gasteiger partial charge on any atom is 0.573 e. The first kappa shape index (κ1) is 22.9. The van der Waals surface area contributed by atoms with Gasteiger partial charge in [-0.2, -0.15) is 0 Å². The first-order chi connectivity index (χ1) is 14.8. The highest BCUT2D eigenvalue weighted by Gasteiger charge is 2.32. The van der Waals surface area contributed by atoms with Gasteiger partial charge in [0.1, 0.15) is 0 Å². The van der Waals surface area contributed by atoms with Crippen LogP contribution in [0.4, 0.5) is 17.6 Å². The lowest BCUT2D eigenvalue weighted by Gasteiger charge is -2.27. The Bertz CT molecular complexity index is 940. The summed E-state index contributed by atoms with van der Waals surface area (Å²) in [7, 11) is 0. The number of benzene rings is 2. The molecule has 0 aromatic heterocycles. The second kappa shape index (κ2) is 10.5. The van der Waals surface area contributed by atoms with Gasteiger partial charge in [0, 0.05) is 5.56 Å². The van der Waals surface area contributed by atoms with E-state index in [4.69, 9.17) is 0 Å². The molecule has 0 spiro atoms. The molecule has 5 heteroatoms. The molecule has 3 rings (SSSR count). The molecule has 2 aromatic carbocycles. The molecule has 0 unspecified atom stereocenters. The first-order valence-corrected chi connectivity index (χ1v) is 10.7. The zero-order valence-corrected chi connectivity index (χ0v) is 17.5. The van der Waals surface area contributed by atoms with Crippen molar-refractivity contribution in [1.82, 2.24) is 0 Å². The largest absolute Gasteiger partial charge is 0.573 e. The van der Waals surface area contributed by atoms with Crippen molar-refractivity contribution in [2.75, 3.05) is 0 Å². The highest BCUT2D eigenvalue weighted by atomic mass is 19.4. The predicted molar refractivity (Wildman–Crippen MR) is 114 cm³/mol. The van der Waals surface area contributed by atoms with Gasteiger partial charge in [0.25, 0.3) is 0 Å². The van der Waals surface area contributed by atoms with Crippen LogP contribution in [0.5, 0.6) is 5.75 Å². The molecule has 0 heterocycles. The summed E-state index contributed by atoms with van der Waals surface area (Å²) in [6, 6.07) is 12.2. The summed E-state index contributed by atoms with van der Waals surface area (Å²) < 4.78 is 53.9. The van der Waals surface area contributed by atoms with Gasteiger partial charge >= 0.3 is 6.36 Å². The van der Waals surface area contributed by atoms with E-state index in [0.717, 1.165) is 50.7 Å². The molecule has 0 amide bonds. The Kier molecular flexibility index (Phi) is 7.79. The molecule has 0 bridgehead atoms. The summed E-state index contributed by atoms with van der Waals surface area (Å²) in [4.78, 5) is 0. The molecule has 0 aliphatic heterocycles. The molecule has 0 atom stereocenters. The van der Waals surface area contributed by atoms with Crippen molar-refractivity contribution in [2.45, 2.75) is 57.7 Å². The SMILES string of the molecule is CCCc1ccc([C@H]2CC[C@H](C=CC#Cc3ccc(OC(F)(F)F)c(F)c3)CC2)cc1. The topological polar surface area (TPSA) is 9.23 Å². The molecular weight excluding hydrogens is 404 g/mol. The van der Waals surface area contributed by atoms with Crippen LogP contribution in [0.25, 0.3) is 0 Å². The van der Waals surface area contributed by atoms with Crippen LogP contribution in [0.1, 0.15) is 61.6 Å². The Morgan fingerprint density at radius 1 is 1.03 bits per heavy atom. The number of rotatable bonds is 5. The summed E-state index contributed by atoms with van der Waals surface area (Å²) in [5.74, 6) is 4.72. The molecule has 1 aliphatic rings. The maximum atomic E-state index is 13.7. The standard InChI is InChI=1S/C26H26F4O/c1-2-5-19-8-13-22(14-9-19)23-15-10-20(11-16-23)6-3-4-7-21-12-17-25(24(27)18-21)31-26(28,29)30/h3,6,8-9,12-14,17-18,20,23H,2,5,10-11,15-16H2,1H3/t20-,23-. The van der Waals surface area contributed by atoms with Crippen molar-refractivity contribution in [3.05, 3.63) is 77.1 Å². The van der Waals surface area contributed by atoms with Crippen LogP contribution < -0.4 is 4.74 Å². The van der Waals surface area contributed by atoms with Crippen molar-refractivity contribution >= 4 is 0 Å². The highest BCUT2D eigenvalue weighted by Crippen LogP contribution is 2.36. The van der Waals surface area contributed by atoms with Crippen LogP contribution in [0, 0.1) is 23.6 Å². The second-order valence-electron chi connectivity index (χ2n) is 7.92. The van der Waals surface area contributed by atoms with Gasteiger partial charge in [-0.25, -0.2) is 4.39 Å². The Labute approximate surface area is 181 Å². The van der Waals surface area contributed by atoms with Crippen LogP contribution in [0.15, 0.2) is 54.6 Å². The molecule has 2 aromatic rings. The highest BCUT2D eigenvalue weighted by molar-refractivity contribution is 5.41. The van der Waals surface area contributed by atoms with Crippen molar-refractivity contribution in [3.8, 4) is 17.6 Å². The maximum absolute atomic E-state index is 13.7. The molecule has 0 saturated heterocycles. The number of halogens is 4. The third-order valence-electron chi connectivity index (χ3n) is 5.59. The number of hydrogen-bond acceptors (Lipinski definition) is 1. The van der Waals surface area contributed by atoms with Crippen LogP contribution >= 0.6 is 0 Å². The average Bonchev–Trinajstić information content (AvgIpc) is 2.73. The molecule has 0 radical (unpaired) electrons. The lowest BCUT2D eigenvalue weighted by atomic mass is 9.78. The van der Waals surface area contributed by atoms with E-state index in [1.54, 1.807) is 6.08 Å². The normalized spacial score (nSPS) is 19.1. The number of ether oxygens (including phenoxy) is 1. The van der Waals surface area contributed by atoms with E-state index in [-0.39, 0.29) is 0 Å². The van der Waals surface area contributed by atoms with Crippen molar-refractivity contribution < 1.29 is 22.3 Å². The van der Waals surface area contributed by atoms with Gasteiger partial charge < -0.3 is 4.74 Å². The minimum Gasteiger partial charge on any atom is -0.403 e. The Hall–Kier alpha value is -2.74. The second-order valence-corrected chi connectivity index (χ2v) is 7.92. The summed E-state index contributed by atoms with van der Waals surface area (Å²) in [6.07, 6.45) is 5.66. The van der Waals surface area contributed by atoms with Gasteiger partial charge in [-0.3, -0.25) is 0 Å². The molecule has 1 saturated carbocycles. The van der Waals surface area contributed by atoms with Crippen LogP contribution in [-0.2, 0) is 6.42 Å². The van der Waals surface area contributed by atoms with E-state index in [1.807, 2.05) is 0 Å². The molecule has 164 valence electrons. The van der Waals surface area contributed by atoms with Gasteiger partial charge in [-0.05, 0) is 79.3 Å². The van der Waals surface area contributed by atoms with E-state index in [1.165, 1.54) is 17.2 Å². The summed E-state index contributed by atoms with van der Waals surface area (Å²) in [6.45, 7) is 2.19. The van der Waals surface area contributed by atoms with Gasteiger partial charge in [0.2, 0.25) is 0 Å². The van der Waals surface area contributed by atoms with Crippen LogP contribution in [0.3, 0.4) is 0 Å². The van der Waals surface area contributed by atoms with Crippen molar-refractivity contribution in [1.29, 1.82) is 0 Å². The Balaban J connectivity index is 1.50. The Morgan fingerprint density at radius 3 is 2.35 bits per heavy atom. The van der Waals surface area contributed by atoms with E-state index < -0.39 is 17.9 Å². The lowest BCUT2D eigenvalue weighted by molar-refractivity contribution is -0.275. The smallest absolute Gasteiger partial charge is 0.403 e. The Morgan fingerprint density at radius 2 is 1.74 bits per heavy atom. The molecule has 31 heavy (non-hydrogen) atoms. The van der Waals surface area contributed by atoms with Gasteiger partial charge in [-0.1, -0.05) is 55.5 Å². The quantitative estimate of drug-likeness (QED) is 0.351. The number of allylic oxidation sites excluding steroid dienone is 2. The summed E-state index contributed by atoms with van der Waals surface area (Å²) in [5.41, 5.74) is 3.11. The lowest BCUT2D eigenvalue weighted by Crippen LogP contribution is -2.17. The van der Waals surface area contributed by atoms with Crippen LogP contribution in [-0.4, -0.2) is 6.36 Å². The number of aryl methyl sites for hydroxylation is 1. The minimum atomic E-state index is -4.92. The fourth-order valence-corrected chi connectivity index (χ4v) is 3.99. The zero-order chi connectivity index (χ0) is 22.3. The molecule has 1 fully saturated rings. The van der Waals surface area contributed by atoms with Crippen molar-refractivity contribution in [3.63, 3.8) is 0 Å². The van der Waals surface area contributed by atoms with E-state index >= 15 is 0 Å².